The van der Waals surface area contributed by atoms with Crippen LogP contribution in [0.1, 0.15) is 28.8 Å². The predicted molar refractivity (Wildman–Crippen MR) is 64.7 cm³/mol. The average molecular weight is 235 g/mol. The molecule has 17 heavy (non-hydrogen) atoms. The molecule has 0 saturated carbocycles. The minimum atomic E-state index is -0.422. The Balaban J connectivity index is 2.17. The van der Waals surface area contributed by atoms with Crippen molar-refractivity contribution in [2.45, 2.75) is 32.0 Å². The highest BCUT2D eigenvalue weighted by atomic mass is 16.5. The number of hydrogen-bond donors (Lipinski definition) is 2. The molecular weight excluding hydrogens is 218 g/mol. The molecule has 2 unspecified atom stereocenters. The van der Waals surface area contributed by atoms with Crippen LogP contribution in [0.15, 0.2) is 12.3 Å². The molecule has 0 radical (unpaired) electrons. The molecular formula is C12H17N3O2. The summed E-state index contributed by atoms with van der Waals surface area (Å²) in [4.78, 5) is 16.2. The summed E-state index contributed by atoms with van der Waals surface area (Å²) in [7, 11) is 0. The van der Waals surface area contributed by atoms with Gasteiger partial charge in [-0.25, -0.2) is 4.98 Å². The fourth-order valence-electron chi connectivity index (χ4n) is 2.02. The van der Waals surface area contributed by atoms with Gasteiger partial charge >= 0.3 is 0 Å². The molecule has 4 N–H and O–H groups in total. The highest BCUT2D eigenvalue weighted by molar-refractivity contribution is 6.03. The van der Waals surface area contributed by atoms with Gasteiger partial charge in [-0.3, -0.25) is 4.79 Å². The summed E-state index contributed by atoms with van der Waals surface area (Å²) in [5, 5.41) is 0. The third-order valence-electron chi connectivity index (χ3n) is 2.98. The van der Waals surface area contributed by atoms with Gasteiger partial charge in [-0.2, -0.15) is 0 Å². The van der Waals surface area contributed by atoms with Crippen molar-refractivity contribution in [1.29, 1.82) is 0 Å². The third-order valence-corrected chi connectivity index (χ3v) is 2.98. The van der Waals surface area contributed by atoms with Crippen molar-refractivity contribution < 1.29 is 9.53 Å². The largest absolute Gasteiger partial charge is 0.383 e. The number of Topliss-reactive ketones (excluding diaryl/α,β-unsaturated/α-hetero) is 1. The number of carbonyl (C=O) groups is 1. The van der Waals surface area contributed by atoms with Gasteiger partial charge in [-0.15, -0.1) is 0 Å². The van der Waals surface area contributed by atoms with Gasteiger partial charge in [0, 0.05) is 12.7 Å². The Bertz CT molecular complexity index is 434. The molecule has 1 fully saturated rings. The lowest BCUT2D eigenvalue weighted by Crippen LogP contribution is -2.26. The quantitative estimate of drug-likeness (QED) is 0.751. The molecule has 0 amide bonds. The Morgan fingerprint density at radius 3 is 3.00 bits per heavy atom. The van der Waals surface area contributed by atoms with Gasteiger partial charge in [0.25, 0.3) is 0 Å². The van der Waals surface area contributed by atoms with Crippen molar-refractivity contribution in [3.05, 3.63) is 23.4 Å². The summed E-state index contributed by atoms with van der Waals surface area (Å²) in [6, 6.07) is 1.75. The highest BCUT2D eigenvalue weighted by Gasteiger charge is 2.31. The molecule has 1 aromatic heterocycles. The van der Waals surface area contributed by atoms with Crippen molar-refractivity contribution >= 4 is 11.6 Å². The first-order valence-corrected chi connectivity index (χ1v) is 5.73. The molecule has 1 saturated heterocycles. The van der Waals surface area contributed by atoms with E-state index in [-0.39, 0.29) is 17.7 Å². The number of ketones is 1. The topological polar surface area (TPSA) is 91.2 Å². The van der Waals surface area contributed by atoms with E-state index < -0.39 is 6.10 Å². The number of pyridine rings is 1. The predicted octanol–water partition coefficient (Wildman–Crippen LogP) is 0.661. The van der Waals surface area contributed by atoms with Crippen LogP contribution in [0.4, 0.5) is 5.82 Å². The first-order valence-electron chi connectivity index (χ1n) is 5.73. The normalized spacial score (nSPS) is 23.9. The minimum absolute atomic E-state index is 0.0112. The van der Waals surface area contributed by atoms with Crippen LogP contribution in [0.25, 0.3) is 0 Å². The number of nitrogen functional groups attached to an aromatic ring is 1. The van der Waals surface area contributed by atoms with Crippen molar-refractivity contribution in [2.75, 3.05) is 12.3 Å². The maximum atomic E-state index is 12.2. The monoisotopic (exact) mass is 235 g/mol. The molecule has 0 aromatic carbocycles. The van der Waals surface area contributed by atoms with E-state index in [1.165, 1.54) is 0 Å². The van der Waals surface area contributed by atoms with Crippen LogP contribution >= 0.6 is 0 Å². The molecule has 1 aromatic rings. The lowest BCUT2D eigenvalue weighted by atomic mass is 10.0. The summed E-state index contributed by atoms with van der Waals surface area (Å²) in [6.45, 7) is 2.33. The summed E-state index contributed by atoms with van der Waals surface area (Å²) in [5.41, 5.74) is 12.6. The van der Waals surface area contributed by atoms with E-state index in [9.17, 15) is 4.79 Å². The van der Waals surface area contributed by atoms with Crippen LogP contribution in [0.5, 0.6) is 0 Å². The Labute approximate surface area is 100 Å². The summed E-state index contributed by atoms with van der Waals surface area (Å²) >= 11 is 0. The Hall–Kier alpha value is -1.46. The number of hydrogen-bond acceptors (Lipinski definition) is 5. The maximum absolute atomic E-state index is 12.2. The van der Waals surface area contributed by atoms with Crippen molar-refractivity contribution in [1.82, 2.24) is 4.98 Å². The van der Waals surface area contributed by atoms with E-state index in [1.54, 1.807) is 12.3 Å². The second-order valence-electron chi connectivity index (χ2n) is 4.37. The summed E-state index contributed by atoms with van der Waals surface area (Å²) in [5.74, 6) is 0.176. The molecule has 1 aliphatic heterocycles. The molecule has 5 heteroatoms. The minimum Gasteiger partial charge on any atom is -0.383 e. The second-order valence-corrected chi connectivity index (χ2v) is 4.37. The molecule has 2 rings (SSSR count). The van der Waals surface area contributed by atoms with Gasteiger partial charge in [0.2, 0.25) is 0 Å². The molecule has 92 valence electrons. The highest BCUT2D eigenvalue weighted by Crippen LogP contribution is 2.24. The standard InChI is InChI=1S/C12H17N3O2/c1-7-4-9(12(14)15-6-7)11(16)10-3-2-8(5-13)17-10/h4,6,8,10H,2-3,5,13H2,1H3,(H2,14,15). The third kappa shape index (κ3) is 2.45. The molecule has 0 bridgehead atoms. The van der Waals surface area contributed by atoms with E-state index in [2.05, 4.69) is 4.98 Å². The number of anilines is 1. The van der Waals surface area contributed by atoms with Crippen LogP contribution in [0.2, 0.25) is 0 Å². The van der Waals surface area contributed by atoms with E-state index in [0.717, 1.165) is 12.0 Å². The van der Waals surface area contributed by atoms with Crippen molar-refractivity contribution in [2.24, 2.45) is 5.73 Å². The van der Waals surface area contributed by atoms with Crippen LogP contribution in [0, 0.1) is 6.92 Å². The molecule has 5 nitrogen and oxygen atoms in total. The van der Waals surface area contributed by atoms with Gasteiger partial charge in [0.1, 0.15) is 11.9 Å². The molecule has 1 aliphatic rings. The zero-order chi connectivity index (χ0) is 12.4. The van der Waals surface area contributed by atoms with E-state index in [4.69, 9.17) is 16.2 Å². The Kier molecular flexibility index (Phi) is 3.40. The van der Waals surface area contributed by atoms with Gasteiger partial charge in [0.15, 0.2) is 5.78 Å². The molecule has 0 aliphatic carbocycles. The average Bonchev–Trinajstić information content (AvgIpc) is 2.80. The lowest BCUT2D eigenvalue weighted by molar-refractivity contribution is 0.0404. The van der Waals surface area contributed by atoms with Gasteiger partial charge in [0.05, 0.1) is 11.7 Å². The Morgan fingerprint density at radius 2 is 2.35 bits per heavy atom. The smallest absolute Gasteiger partial charge is 0.195 e. The fraction of sp³-hybridized carbons (Fsp3) is 0.500. The number of ether oxygens (including phenoxy) is 1. The van der Waals surface area contributed by atoms with Crippen LogP contribution in [-0.4, -0.2) is 29.5 Å². The number of rotatable bonds is 3. The van der Waals surface area contributed by atoms with Gasteiger partial charge in [-0.1, -0.05) is 0 Å². The van der Waals surface area contributed by atoms with E-state index in [0.29, 0.717) is 18.5 Å². The first kappa shape index (κ1) is 12.0. The summed E-state index contributed by atoms with van der Waals surface area (Å²) in [6.07, 6.45) is 2.74. The van der Waals surface area contributed by atoms with Gasteiger partial charge in [-0.05, 0) is 31.4 Å². The van der Waals surface area contributed by atoms with Crippen molar-refractivity contribution in [3.8, 4) is 0 Å². The second kappa shape index (κ2) is 4.81. The first-order chi connectivity index (χ1) is 8.11. The zero-order valence-corrected chi connectivity index (χ0v) is 9.85. The number of aryl methyl sites for hydroxylation is 1. The van der Waals surface area contributed by atoms with Crippen LogP contribution < -0.4 is 11.5 Å². The Morgan fingerprint density at radius 1 is 1.59 bits per heavy atom. The maximum Gasteiger partial charge on any atom is 0.195 e. The molecule has 0 spiro atoms. The number of carbonyl (C=O) groups excluding carboxylic acids is 1. The number of nitrogens with two attached hydrogens (primary N) is 2. The SMILES string of the molecule is Cc1cnc(N)c(C(=O)C2CCC(CN)O2)c1. The molecule has 2 atom stereocenters. The zero-order valence-electron chi connectivity index (χ0n) is 9.85. The van der Waals surface area contributed by atoms with Crippen LogP contribution in [0.3, 0.4) is 0 Å². The lowest BCUT2D eigenvalue weighted by Gasteiger charge is -2.12. The van der Waals surface area contributed by atoms with Gasteiger partial charge < -0.3 is 16.2 Å². The van der Waals surface area contributed by atoms with Crippen LogP contribution in [-0.2, 0) is 4.74 Å². The molecule has 2 heterocycles. The number of aromatic nitrogens is 1. The fourth-order valence-corrected chi connectivity index (χ4v) is 2.02. The van der Waals surface area contributed by atoms with Crippen molar-refractivity contribution in [3.63, 3.8) is 0 Å². The summed E-state index contributed by atoms with van der Waals surface area (Å²) < 4.78 is 5.56. The number of nitrogens with zero attached hydrogens (tertiary/aromatic N) is 1. The van der Waals surface area contributed by atoms with E-state index in [1.807, 2.05) is 6.92 Å². The van der Waals surface area contributed by atoms with E-state index >= 15 is 0 Å².